The monoisotopic (exact) mass is 220 g/mol. The summed E-state index contributed by atoms with van der Waals surface area (Å²) in [4.78, 5) is 24.5. The number of carboxylic acid groups (broad SMARTS) is 1. The van der Waals surface area contributed by atoms with Gasteiger partial charge in [-0.05, 0) is 24.1 Å². The number of benzene rings is 1. The molecule has 1 aromatic carbocycles. The van der Waals surface area contributed by atoms with E-state index < -0.39 is 5.97 Å². The summed E-state index contributed by atoms with van der Waals surface area (Å²) in [5.41, 5.74) is 2.32. The molecular formula is C11H12N2O3. The number of aromatic nitrogens is 2. The number of fused-ring (bicyclic) bond motifs is 1. The fraction of sp³-hybridized carbons (Fsp3) is 0.273. The third-order valence-corrected chi connectivity index (χ3v) is 2.60. The van der Waals surface area contributed by atoms with Crippen LogP contribution in [0.3, 0.4) is 0 Å². The van der Waals surface area contributed by atoms with Crippen LogP contribution in [0.5, 0.6) is 0 Å². The quantitative estimate of drug-likeness (QED) is 0.806. The van der Waals surface area contributed by atoms with Crippen molar-refractivity contribution in [3.63, 3.8) is 0 Å². The lowest BCUT2D eigenvalue weighted by Crippen LogP contribution is -2.11. The summed E-state index contributed by atoms with van der Waals surface area (Å²) in [5, 5.41) is 8.57. The average Bonchev–Trinajstić information content (AvgIpc) is 2.52. The van der Waals surface area contributed by atoms with Crippen LogP contribution in [0.25, 0.3) is 11.0 Å². The van der Waals surface area contributed by atoms with Gasteiger partial charge in [-0.2, -0.15) is 0 Å². The second kappa shape index (κ2) is 3.84. The van der Waals surface area contributed by atoms with Crippen LogP contribution in [-0.2, 0) is 18.3 Å². The zero-order chi connectivity index (χ0) is 11.7. The first-order valence-electron chi connectivity index (χ1n) is 4.97. The van der Waals surface area contributed by atoms with Crippen LogP contribution in [0.1, 0.15) is 12.0 Å². The van der Waals surface area contributed by atoms with Crippen molar-refractivity contribution in [1.82, 2.24) is 9.55 Å². The lowest BCUT2D eigenvalue weighted by atomic mass is 10.1. The second-order valence-corrected chi connectivity index (χ2v) is 3.73. The highest BCUT2D eigenvalue weighted by molar-refractivity contribution is 5.76. The van der Waals surface area contributed by atoms with Crippen LogP contribution in [0, 0.1) is 0 Å². The number of carbonyl (C=O) groups is 1. The van der Waals surface area contributed by atoms with Crippen molar-refractivity contribution in [2.45, 2.75) is 12.8 Å². The van der Waals surface area contributed by atoms with Crippen molar-refractivity contribution in [2.24, 2.45) is 7.05 Å². The fourth-order valence-electron chi connectivity index (χ4n) is 1.69. The summed E-state index contributed by atoms with van der Waals surface area (Å²) in [6, 6.07) is 5.49. The second-order valence-electron chi connectivity index (χ2n) is 3.73. The lowest BCUT2D eigenvalue weighted by molar-refractivity contribution is -0.136. The summed E-state index contributed by atoms with van der Waals surface area (Å²) in [5.74, 6) is -0.818. The zero-order valence-corrected chi connectivity index (χ0v) is 8.86. The highest BCUT2D eigenvalue weighted by atomic mass is 16.4. The SMILES string of the molecule is Cn1c(=O)[nH]c2cc(CCC(=O)O)ccc21. The van der Waals surface area contributed by atoms with Gasteiger partial charge in [0.25, 0.3) is 0 Å². The lowest BCUT2D eigenvalue weighted by Gasteiger charge is -1.99. The Morgan fingerprint density at radius 2 is 2.25 bits per heavy atom. The molecular weight excluding hydrogens is 208 g/mol. The van der Waals surface area contributed by atoms with E-state index in [0.29, 0.717) is 6.42 Å². The predicted molar refractivity (Wildman–Crippen MR) is 59.5 cm³/mol. The van der Waals surface area contributed by atoms with Gasteiger partial charge >= 0.3 is 11.7 Å². The number of rotatable bonds is 3. The molecule has 0 amide bonds. The molecule has 1 aromatic heterocycles. The Morgan fingerprint density at radius 1 is 1.50 bits per heavy atom. The van der Waals surface area contributed by atoms with Gasteiger partial charge in [0.2, 0.25) is 0 Å². The molecule has 0 aliphatic rings. The van der Waals surface area contributed by atoms with Crippen molar-refractivity contribution < 1.29 is 9.90 Å². The first kappa shape index (κ1) is 10.5. The van der Waals surface area contributed by atoms with Gasteiger partial charge in [0, 0.05) is 13.5 Å². The molecule has 0 saturated carbocycles. The van der Waals surface area contributed by atoms with Crippen molar-refractivity contribution >= 4 is 17.0 Å². The van der Waals surface area contributed by atoms with E-state index >= 15 is 0 Å². The third kappa shape index (κ3) is 1.84. The highest BCUT2D eigenvalue weighted by Crippen LogP contribution is 2.13. The smallest absolute Gasteiger partial charge is 0.326 e. The molecule has 1 heterocycles. The Labute approximate surface area is 91.3 Å². The van der Waals surface area contributed by atoms with Gasteiger partial charge in [-0.15, -0.1) is 0 Å². The average molecular weight is 220 g/mol. The summed E-state index contributed by atoms with van der Waals surface area (Å²) >= 11 is 0. The van der Waals surface area contributed by atoms with Gasteiger partial charge in [0.1, 0.15) is 0 Å². The first-order chi connectivity index (χ1) is 7.58. The number of nitrogens with zero attached hydrogens (tertiary/aromatic N) is 1. The molecule has 0 unspecified atom stereocenters. The Balaban J connectivity index is 2.37. The molecule has 2 aromatic rings. The molecule has 0 spiro atoms. The van der Waals surface area contributed by atoms with E-state index in [2.05, 4.69) is 4.98 Å². The maximum atomic E-state index is 11.3. The molecule has 84 valence electrons. The summed E-state index contributed by atoms with van der Waals surface area (Å²) in [7, 11) is 1.69. The first-order valence-corrected chi connectivity index (χ1v) is 4.97. The molecule has 2 rings (SSSR count). The topological polar surface area (TPSA) is 75.1 Å². The van der Waals surface area contributed by atoms with Crippen LogP contribution >= 0.6 is 0 Å². The van der Waals surface area contributed by atoms with E-state index in [9.17, 15) is 9.59 Å². The molecule has 0 aliphatic heterocycles. The van der Waals surface area contributed by atoms with Gasteiger partial charge in [-0.1, -0.05) is 6.07 Å². The molecule has 0 fully saturated rings. The largest absolute Gasteiger partial charge is 0.481 e. The minimum atomic E-state index is -0.818. The third-order valence-electron chi connectivity index (χ3n) is 2.60. The number of aryl methyl sites for hydroxylation is 2. The van der Waals surface area contributed by atoms with E-state index in [1.54, 1.807) is 7.05 Å². The summed E-state index contributed by atoms with van der Waals surface area (Å²) in [6.07, 6.45) is 0.574. The highest BCUT2D eigenvalue weighted by Gasteiger charge is 2.04. The van der Waals surface area contributed by atoms with Crippen molar-refractivity contribution in [2.75, 3.05) is 0 Å². The van der Waals surface area contributed by atoms with Gasteiger partial charge in [-0.25, -0.2) is 4.79 Å². The van der Waals surface area contributed by atoms with E-state index in [1.165, 1.54) is 4.57 Å². The number of hydrogen-bond donors (Lipinski definition) is 2. The van der Waals surface area contributed by atoms with Crippen LogP contribution in [0.2, 0.25) is 0 Å². The van der Waals surface area contributed by atoms with Crippen LogP contribution in [-0.4, -0.2) is 20.6 Å². The van der Waals surface area contributed by atoms with E-state index in [4.69, 9.17) is 5.11 Å². The van der Waals surface area contributed by atoms with Crippen molar-refractivity contribution in [3.05, 3.63) is 34.2 Å². The molecule has 2 N–H and O–H groups in total. The Kier molecular flexibility index (Phi) is 2.52. The molecule has 0 bridgehead atoms. The Bertz CT molecular complexity index is 595. The normalized spacial score (nSPS) is 10.8. The number of carboxylic acids is 1. The molecule has 16 heavy (non-hydrogen) atoms. The number of imidazole rings is 1. The number of aromatic amines is 1. The minimum Gasteiger partial charge on any atom is -0.481 e. The minimum absolute atomic E-state index is 0.0998. The number of nitrogens with one attached hydrogen (secondary N) is 1. The fourth-order valence-corrected chi connectivity index (χ4v) is 1.69. The van der Waals surface area contributed by atoms with E-state index in [0.717, 1.165) is 16.6 Å². The molecule has 0 aliphatic carbocycles. The Hall–Kier alpha value is -2.04. The van der Waals surface area contributed by atoms with Gasteiger partial charge < -0.3 is 10.1 Å². The van der Waals surface area contributed by atoms with Crippen molar-refractivity contribution in [1.29, 1.82) is 0 Å². The predicted octanol–water partition coefficient (Wildman–Crippen LogP) is 0.884. The summed E-state index contributed by atoms with van der Waals surface area (Å²) < 4.78 is 1.52. The standard InChI is InChI=1S/C11H12N2O3/c1-13-9-4-2-7(3-5-10(14)15)6-8(9)12-11(13)16/h2,4,6H,3,5H2,1H3,(H,12,16)(H,14,15). The number of aliphatic carboxylic acids is 1. The van der Waals surface area contributed by atoms with Crippen LogP contribution < -0.4 is 5.69 Å². The van der Waals surface area contributed by atoms with Gasteiger partial charge in [-0.3, -0.25) is 9.36 Å². The zero-order valence-electron chi connectivity index (χ0n) is 8.86. The molecule has 0 atom stereocenters. The molecule has 0 saturated heterocycles. The maximum absolute atomic E-state index is 11.3. The van der Waals surface area contributed by atoms with Gasteiger partial charge in [0.15, 0.2) is 0 Å². The van der Waals surface area contributed by atoms with Gasteiger partial charge in [0.05, 0.1) is 11.0 Å². The number of H-pyrrole nitrogens is 1. The number of hydrogen-bond acceptors (Lipinski definition) is 2. The summed E-state index contributed by atoms with van der Waals surface area (Å²) in [6.45, 7) is 0. The van der Waals surface area contributed by atoms with Crippen LogP contribution in [0.4, 0.5) is 0 Å². The van der Waals surface area contributed by atoms with E-state index in [-0.39, 0.29) is 12.1 Å². The molecule has 5 nitrogen and oxygen atoms in total. The molecule has 0 radical (unpaired) electrons. The van der Waals surface area contributed by atoms with Crippen molar-refractivity contribution in [3.8, 4) is 0 Å². The van der Waals surface area contributed by atoms with E-state index in [1.807, 2.05) is 18.2 Å². The molecule has 5 heteroatoms. The van der Waals surface area contributed by atoms with Crippen LogP contribution in [0.15, 0.2) is 23.0 Å². The maximum Gasteiger partial charge on any atom is 0.326 e. The Morgan fingerprint density at radius 3 is 2.94 bits per heavy atom.